The van der Waals surface area contributed by atoms with Crippen molar-refractivity contribution >= 4 is 33.2 Å². The van der Waals surface area contributed by atoms with Gasteiger partial charge in [-0.3, -0.25) is 4.79 Å². The number of rotatable bonds is 5. The number of hydrogen-bond acceptors (Lipinski definition) is 5. The minimum atomic E-state index is -4.16. The maximum absolute atomic E-state index is 13.1. The predicted molar refractivity (Wildman–Crippen MR) is 126 cm³/mol. The highest BCUT2D eigenvalue weighted by Crippen LogP contribution is 2.26. The summed E-state index contributed by atoms with van der Waals surface area (Å²) >= 11 is 0. The van der Waals surface area contributed by atoms with Gasteiger partial charge in [-0.05, 0) is 55.8 Å². The van der Waals surface area contributed by atoms with Crippen LogP contribution in [-0.2, 0) is 10.0 Å². The number of anilines is 1. The lowest BCUT2D eigenvalue weighted by atomic mass is 9.92. The molecule has 166 valence electrons. The van der Waals surface area contributed by atoms with E-state index in [1.54, 1.807) is 24.3 Å². The highest BCUT2D eigenvalue weighted by molar-refractivity contribution is 7.90. The predicted octanol–water partition coefficient (Wildman–Crippen LogP) is 4.37. The number of aromatic carboxylic acids is 1. The first-order chi connectivity index (χ1) is 15.7. The molecule has 0 amide bonds. The van der Waals surface area contributed by atoms with Crippen molar-refractivity contribution in [2.75, 3.05) is 5.32 Å². The average molecular weight is 461 g/mol. The Balaban J connectivity index is 1.79. The molecular weight excluding hydrogens is 440 g/mol. The maximum Gasteiger partial charge on any atom is 0.335 e. The molecule has 0 heterocycles. The highest BCUT2D eigenvalue weighted by Gasteiger charge is 2.26. The Bertz CT molecular complexity index is 1450. The number of carboxylic acid groups (broad SMARTS) is 1. The molecule has 0 bridgehead atoms. The number of ketones is 1. The summed E-state index contributed by atoms with van der Waals surface area (Å²) in [6.07, 6.45) is 1.42. The van der Waals surface area contributed by atoms with E-state index in [0.29, 0.717) is 11.1 Å². The zero-order valence-electron chi connectivity index (χ0n) is 17.9. The van der Waals surface area contributed by atoms with Crippen LogP contribution in [-0.4, -0.2) is 31.0 Å². The first-order valence-corrected chi connectivity index (χ1v) is 11.5. The van der Waals surface area contributed by atoms with Crippen molar-refractivity contribution in [3.8, 4) is 0 Å². The van der Waals surface area contributed by atoms with E-state index in [2.05, 4.69) is 9.71 Å². The molecule has 0 radical (unpaired) electrons. The van der Waals surface area contributed by atoms with E-state index in [9.17, 15) is 18.0 Å². The lowest BCUT2D eigenvalue weighted by Gasteiger charge is -2.19. The Kier molecular flexibility index (Phi) is 5.69. The topological polar surface area (TPSA) is 113 Å². The second-order valence-corrected chi connectivity index (χ2v) is 9.26. The molecular formula is C25H20N2O5S. The fourth-order valence-electron chi connectivity index (χ4n) is 3.55. The molecule has 0 fully saturated rings. The number of aryl methyl sites for hydroxylation is 2. The summed E-state index contributed by atoms with van der Waals surface area (Å²) in [5.41, 5.74) is 3.76. The van der Waals surface area contributed by atoms with Gasteiger partial charge in [0.25, 0.3) is 10.0 Å². The number of fused-ring (bicyclic) bond motifs is 1. The van der Waals surface area contributed by atoms with Gasteiger partial charge in [-0.1, -0.05) is 42.0 Å². The van der Waals surface area contributed by atoms with E-state index < -0.39 is 16.0 Å². The van der Waals surface area contributed by atoms with Gasteiger partial charge in [-0.25, -0.2) is 4.79 Å². The molecule has 3 aromatic carbocycles. The van der Waals surface area contributed by atoms with Crippen LogP contribution < -0.4 is 5.32 Å². The van der Waals surface area contributed by atoms with Crippen LogP contribution in [0.4, 0.5) is 5.69 Å². The quantitative estimate of drug-likeness (QED) is 0.585. The fraction of sp³-hybridized carbons (Fsp3) is 0.0800. The van der Waals surface area contributed by atoms with Crippen LogP contribution in [0.5, 0.6) is 0 Å². The summed E-state index contributed by atoms with van der Waals surface area (Å²) in [5.74, 6) is -1.43. The van der Waals surface area contributed by atoms with E-state index in [4.69, 9.17) is 5.11 Å². The number of Topliss-reactive ketones (excluding diaryl/α,β-unsaturated/α-hetero) is 1. The number of carbonyl (C=O) groups is 2. The van der Waals surface area contributed by atoms with Crippen LogP contribution >= 0.6 is 0 Å². The zero-order valence-corrected chi connectivity index (χ0v) is 18.7. The molecule has 4 rings (SSSR count). The number of carboxylic acids is 1. The van der Waals surface area contributed by atoms with Gasteiger partial charge in [0, 0.05) is 16.8 Å². The smallest absolute Gasteiger partial charge is 0.335 e. The summed E-state index contributed by atoms with van der Waals surface area (Å²) in [5, 5.41) is 12.1. The molecule has 2 N–H and O–H groups in total. The molecule has 7 nitrogen and oxygen atoms in total. The van der Waals surface area contributed by atoms with Gasteiger partial charge in [0.05, 0.1) is 21.9 Å². The minimum Gasteiger partial charge on any atom is -0.478 e. The SMILES string of the molecule is Cc1ccc(NC2=CC(=NS(=O)(=O)c3ccc(C(=O)O)cc3)c3ccccc3C2=O)c(C)c1. The van der Waals surface area contributed by atoms with E-state index in [-0.39, 0.29) is 27.7 Å². The second kappa shape index (κ2) is 8.48. The Labute approximate surface area is 191 Å². The van der Waals surface area contributed by atoms with Gasteiger partial charge in [-0.2, -0.15) is 12.8 Å². The molecule has 0 saturated heterocycles. The monoisotopic (exact) mass is 460 g/mol. The summed E-state index contributed by atoms with van der Waals surface area (Å²) < 4.78 is 29.9. The standard InChI is InChI=1S/C25H20N2O5S/c1-15-7-12-21(16(2)13-15)26-23-14-22(19-5-3-4-6-20(19)24(23)28)27-33(31,32)18-10-8-17(9-11-18)25(29)30/h3-14,26H,1-2H3,(H,29,30). The maximum atomic E-state index is 13.1. The number of carbonyl (C=O) groups excluding carboxylic acids is 1. The van der Waals surface area contributed by atoms with E-state index >= 15 is 0 Å². The highest BCUT2D eigenvalue weighted by atomic mass is 32.2. The molecule has 0 saturated carbocycles. The molecule has 3 aromatic rings. The third kappa shape index (κ3) is 4.47. The average Bonchev–Trinajstić information content (AvgIpc) is 2.78. The third-order valence-corrected chi connectivity index (χ3v) is 6.55. The Morgan fingerprint density at radius 1 is 0.939 bits per heavy atom. The van der Waals surface area contributed by atoms with Crippen molar-refractivity contribution in [3.05, 3.63) is 106 Å². The van der Waals surface area contributed by atoms with Crippen LogP contribution in [0.25, 0.3) is 0 Å². The van der Waals surface area contributed by atoms with Gasteiger partial charge in [0.2, 0.25) is 5.78 Å². The first-order valence-electron chi connectivity index (χ1n) is 10.0. The Morgan fingerprint density at radius 2 is 1.61 bits per heavy atom. The van der Waals surface area contributed by atoms with E-state index in [0.717, 1.165) is 16.8 Å². The van der Waals surface area contributed by atoms with Crippen molar-refractivity contribution in [3.63, 3.8) is 0 Å². The van der Waals surface area contributed by atoms with Crippen LogP contribution in [0.3, 0.4) is 0 Å². The second-order valence-electron chi connectivity index (χ2n) is 7.66. The molecule has 0 unspecified atom stereocenters. The van der Waals surface area contributed by atoms with Crippen molar-refractivity contribution in [2.24, 2.45) is 4.40 Å². The fourth-order valence-corrected chi connectivity index (χ4v) is 4.54. The van der Waals surface area contributed by atoms with Crippen LogP contribution in [0.2, 0.25) is 0 Å². The number of hydrogen-bond donors (Lipinski definition) is 2. The van der Waals surface area contributed by atoms with Crippen molar-refractivity contribution in [2.45, 2.75) is 18.7 Å². The minimum absolute atomic E-state index is 0.0324. The third-order valence-electron chi connectivity index (χ3n) is 5.24. The molecule has 33 heavy (non-hydrogen) atoms. The van der Waals surface area contributed by atoms with E-state index in [1.807, 2.05) is 32.0 Å². The van der Waals surface area contributed by atoms with Gasteiger partial charge in [0.15, 0.2) is 0 Å². The lowest BCUT2D eigenvalue weighted by Crippen LogP contribution is -2.23. The number of nitrogens with one attached hydrogen (secondary N) is 1. The summed E-state index contributed by atoms with van der Waals surface area (Å²) in [6.45, 7) is 3.88. The molecule has 0 aromatic heterocycles. The molecule has 1 aliphatic rings. The molecule has 0 atom stereocenters. The van der Waals surface area contributed by atoms with Gasteiger partial charge < -0.3 is 10.4 Å². The van der Waals surface area contributed by atoms with Crippen LogP contribution in [0.15, 0.2) is 87.8 Å². The Hall–Kier alpha value is -4.04. The summed E-state index contributed by atoms with van der Waals surface area (Å²) in [4.78, 5) is 24.0. The van der Waals surface area contributed by atoms with Gasteiger partial charge in [0.1, 0.15) is 0 Å². The molecule has 8 heteroatoms. The number of sulfonamides is 1. The molecule has 0 aliphatic heterocycles. The van der Waals surface area contributed by atoms with Gasteiger partial charge >= 0.3 is 5.97 Å². The summed E-state index contributed by atoms with van der Waals surface area (Å²) in [7, 11) is -4.16. The van der Waals surface area contributed by atoms with Crippen molar-refractivity contribution in [1.82, 2.24) is 0 Å². The number of benzene rings is 3. The molecule has 1 aliphatic carbocycles. The van der Waals surface area contributed by atoms with Gasteiger partial charge in [-0.15, -0.1) is 0 Å². The Morgan fingerprint density at radius 3 is 2.24 bits per heavy atom. The molecule has 0 spiro atoms. The van der Waals surface area contributed by atoms with Crippen molar-refractivity contribution in [1.29, 1.82) is 0 Å². The first kappa shape index (κ1) is 22.2. The normalized spacial score (nSPS) is 14.5. The number of nitrogens with zero attached hydrogens (tertiary/aromatic N) is 1. The summed E-state index contributed by atoms with van der Waals surface area (Å²) in [6, 6.07) is 17.2. The largest absolute Gasteiger partial charge is 0.478 e. The van der Waals surface area contributed by atoms with Crippen LogP contribution in [0, 0.1) is 13.8 Å². The zero-order chi connectivity index (χ0) is 23.8. The lowest BCUT2D eigenvalue weighted by molar-refractivity contribution is 0.0696. The van der Waals surface area contributed by atoms with Crippen LogP contribution in [0.1, 0.15) is 37.4 Å². The van der Waals surface area contributed by atoms with Crippen molar-refractivity contribution < 1.29 is 23.1 Å². The van der Waals surface area contributed by atoms with E-state index in [1.165, 1.54) is 30.3 Å². The number of allylic oxidation sites excluding steroid dienone is 2.